The fraction of sp³-hybridized carbons (Fsp3) is 0.538. The van der Waals surface area contributed by atoms with Crippen LogP contribution in [-0.4, -0.2) is 29.0 Å². The molecule has 7 nitrogen and oxygen atoms in total. The monoisotopic (exact) mass is 279 g/mol. The minimum absolute atomic E-state index is 0.252. The van der Waals surface area contributed by atoms with Crippen molar-refractivity contribution in [1.29, 1.82) is 0 Å². The van der Waals surface area contributed by atoms with Crippen LogP contribution in [0, 0.1) is 29.9 Å². The molecular formula is C13H17N3O4. The van der Waals surface area contributed by atoms with Gasteiger partial charge in [0, 0.05) is 28.7 Å². The van der Waals surface area contributed by atoms with Crippen LogP contribution in [0.15, 0.2) is 6.20 Å². The van der Waals surface area contributed by atoms with Crippen molar-refractivity contribution in [2.75, 3.05) is 7.11 Å². The van der Waals surface area contributed by atoms with E-state index in [1.165, 1.54) is 0 Å². The van der Waals surface area contributed by atoms with Crippen molar-refractivity contribution < 1.29 is 14.5 Å². The number of rotatable bonds is 5. The van der Waals surface area contributed by atoms with Crippen molar-refractivity contribution in [2.24, 2.45) is 5.92 Å². The molecule has 1 aromatic rings. The molecule has 1 aromatic heterocycles. The molecule has 0 spiro atoms. The minimum atomic E-state index is -0.725. The average Bonchev–Trinajstić information content (AvgIpc) is 3.18. The lowest BCUT2D eigenvalue weighted by Gasteiger charge is -2.12. The molecule has 2 atom stereocenters. The Balaban J connectivity index is 1.98. The maximum absolute atomic E-state index is 11.8. The van der Waals surface area contributed by atoms with Crippen LogP contribution >= 0.6 is 0 Å². The summed E-state index contributed by atoms with van der Waals surface area (Å²) in [6, 6.07) is -0.725. The lowest BCUT2D eigenvalue weighted by atomic mass is 10.1. The highest BCUT2D eigenvalue weighted by molar-refractivity contribution is 5.81. The van der Waals surface area contributed by atoms with E-state index < -0.39 is 16.9 Å². The fourth-order valence-electron chi connectivity index (χ4n) is 2.25. The summed E-state index contributed by atoms with van der Waals surface area (Å²) in [5.41, 5.74) is 2.50. The Morgan fingerprint density at radius 1 is 1.60 bits per heavy atom. The molecule has 1 fully saturated rings. The van der Waals surface area contributed by atoms with Crippen molar-refractivity contribution in [1.82, 2.24) is 10.3 Å². The van der Waals surface area contributed by atoms with E-state index in [2.05, 4.69) is 10.3 Å². The van der Waals surface area contributed by atoms with E-state index in [1.54, 1.807) is 13.3 Å². The quantitative estimate of drug-likeness (QED) is 0.640. The zero-order valence-electron chi connectivity index (χ0n) is 11.7. The summed E-state index contributed by atoms with van der Waals surface area (Å²) in [6.07, 6.45) is 2.01. The lowest BCUT2D eigenvalue weighted by Crippen LogP contribution is -2.27. The smallest absolute Gasteiger partial charge is 0.230 e. The lowest BCUT2D eigenvalue weighted by molar-refractivity contribution is -0.497. The maximum Gasteiger partial charge on any atom is 0.230 e. The van der Waals surface area contributed by atoms with Crippen LogP contribution in [0.25, 0.3) is 0 Å². The molecule has 1 aliphatic carbocycles. The number of carbonyl (C=O) groups is 1. The SMILES string of the molecule is COc1c(C)cnc(CNC(=O)[C@H]2C[C@H]2[N+](=O)[O-])c1C. The van der Waals surface area contributed by atoms with Gasteiger partial charge in [0.15, 0.2) is 0 Å². The Morgan fingerprint density at radius 3 is 2.85 bits per heavy atom. The number of ether oxygens (including phenoxy) is 1. The number of aromatic nitrogens is 1. The third-order valence-electron chi connectivity index (χ3n) is 3.54. The fourth-order valence-corrected chi connectivity index (χ4v) is 2.25. The number of hydrogen-bond donors (Lipinski definition) is 1. The van der Waals surface area contributed by atoms with Gasteiger partial charge in [0.25, 0.3) is 0 Å². The van der Waals surface area contributed by atoms with Gasteiger partial charge >= 0.3 is 0 Å². The average molecular weight is 279 g/mol. The predicted octanol–water partition coefficient (Wildman–Crippen LogP) is 0.988. The highest BCUT2D eigenvalue weighted by Gasteiger charge is 2.53. The number of methoxy groups -OCH3 is 1. The Labute approximate surface area is 116 Å². The van der Waals surface area contributed by atoms with Gasteiger partial charge in [-0.3, -0.25) is 19.9 Å². The van der Waals surface area contributed by atoms with Crippen LogP contribution in [0.2, 0.25) is 0 Å². The number of nitro groups is 1. The van der Waals surface area contributed by atoms with E-state index in [0.717, 1.165) is 16.9 Å². The summed E-state index contributed by atoms with van der Waals surface area (Å²) in [5.74, 6) is -0.0380. The first-order chi connectivity index (χ1) is 9.45. The standard InChI is InChI=1S/C13H17N3O4/c1-7-5-14-10(8(2)12(7)20-3)6-15-13(17)9-4-11(9)16(18)19/h5,9,11H,4,6H2,1-3H3,(H,15,17)/t9-,11+/m0/s1. The summed E-state index contributed by atoms with van der Waals surface area (Å²) < 4.78 is 5.29. The van der Waals surface area contributed by atoms with Crippen molar-refractivity contribution in [3.63, 3.8) is 0 Å². The molecule has 7 heteroatoms. The third-order valence-corrected chi connectivity index (χ3v) is 3.54. The molecule has 0 radical (unpaired) electrons. The van der Waals surface area contributed by atoms with Gasteiger partial charge in [0.2, 0.25) is 11.9 Å². The third kappa shape index (κ3) is 2.71. The second-order valence-corrected chi connectivity index (χ2v) is 4.96. The van der Waals surface area contributed by atoms with Crippen LogP contribution in [0.5, 0.6) is 5.75 Å². The van der Waals surface area contributed by atoms with Gasteiger partial charge in [-0.05, 0) is 13.8 Å². The molecule has 0 unspecified atom stereocenters. The second-order valence-electron chi connectivity index (χ2n) is 4.96. The summed E-state index contributed by atoms with van der Waals surface area (Å²) >= 11 is 0. The number of nitrogens with one attached hydrogen (secondary N) is 1. The van der Waals surface area contributed by atoms with Crippen molar-refractivity contribution in [3.05, 3.63) is 33.1 Å². The number of nitrogens with zero attached hydrogens (tertiary/aromatic N) is 2. The summed E-state index contributed by atoms with van der Waals surface area (Å²) in [7, 11) is 1.59. The van der Waals surface area contributed by atoms with Crippen molar-refractivity contribution in [3.8, 4) is 5.75 Å². The molecule has 0 aromatic carbocycles. The predicted molar refractivity (Wildman–Crippen MR) is 71.0 cm³/mol. The highest BCUT2D eigenvalue weighted by Crippen LogP contribution is 2.33. The molecule has 1 aliphatic rings. The Bertz CT molecular complexity index is 559. The van der Waals surface area contributed by atoms with Gasteiger partial charge in [-0.15, -0.1) is 0 Å². The molecule has 1 saturated carbocycles. The molecule has 1 heterocycles. The number of pyridine rings is 1. The maximum atomic E-state index is 11.8. The Morgan fingerprint density at radius 2 is 2.30 bits per heavy atom. The van der Waals surface area contributed by atoms with Crippen LogP contribution in [0.4, 0.5) is 0 Å². The topological polar surface area (TPSA) is 94.4 Å². The highest BCUT2D eigenvalue weighted by atomic mass is 16.6. The van der Waals surface area contributed by atoms with E-state index in [0.29, 0.717) is 12.1 Å². The van der Waals surface area contributed by atoms with Crippen LogP contribution in [0.3, 0.4) is 0 Å². The van der Waals surface area contributed by atoms with Gasteiger partial charge in [-0.25, -0.2) is 0 Å². The van der Waals surface area contributed by atoms with Crippen molar-refractivity contribution >= 4 is 5.91 Å². The zero-order valence-corrected chi connectivity index (χ0v) is 11.7. The molecular weight excluding hydrogens is 262 g/mol. The van der Waals surface area contributed by atoms with Gasteiger partial charge in [0.1, 0.15) is 11.7 Å². The van der Waals surface area contributed by atoms with E-state index in [4.69, 9.17) is 4.74 Å². The number of amides is 1. The van der Waals surface area contributed by atoms with Gasteiger partial charge in [0.05, 0.1) is 19.3 Å². The second kappa shape index (κ2) is 5.44. The molecule has 0 saturated heterocycles. The van der Waals surface area contributed by atoms with E-state index in [1.807, 2.05) is 13.8 Å². The summed E-state index contributed by atoms with van der Waals surface area (Å²) in [5, 5.41) is 13.2. The van der Waals surface area contributed by atoms with E-state index in [-0.39, 0.29) is 12.5 Å². The molecule has 1 amide bonds. The zero-order chi connectivity index (χ0) is 14.9. The largest absolute Gasteiger partial charge is 0.496 e. The minimum Gasteiger partial charge on any atom is -0.496 e. The van der Waals surface area contributed by atoms with Gasteiger partial charge in [-0.2, -0.15) is 0 Å². The first-order valence-electron chi connectivity index (χ1n) is 6.36. The molecule has 20 heavy (non-hydrogen) atoms. The first-order valence-corrected chi connectivity index (χ1v) is 6.36. The summed E-state index contributed by atoms with van der Waals surface area (Å²) in [6.45, 7) is 4.02. The van der Waals surface area contributed by atoms with Crippen LogP contribution < -0.4 is 10.1 Å². The normalized spacial score (nSPS) is 20.4. The summed E-state index contributed by atoms with van der Waals surface area (Å²) in [4.78, 5) is 26.1. The van der Waals surface area contributed by atoms with Crippen molar-refractivity contribution in [2.45, 2.75) is 32.9 Å². The number of hydrogen-bond acceptors (Lipinski definition) is 5. The Hall–Kier alpha value is -2.18. The number of aryl methyl sites for hydroxylation is 1. The molecule has 108 valence electrons. The van der Waals surface area contributed by atoms with E-state index >= 15 is 0 Å². The van der Waals surface area contributed by atoms with Crippen LogP contribution in [0.1, 0.15) is 23.2 Å². The molecule has 0 aliphatic heterocycles. The Kier molecular flexibility index (Phi) is 3.87. The van der Waals surface area contributed by atoms with Gasteiger partial charge in [-0.1, -0.05) is 0 Å². The molecule has 0 bridgehead atoms. The van der Waals surface area contributed by atoms with Gasteiger partial charge < -0.3 is 10.1 Å². The number of carbonyl (C=O) groups excluding carboxylic acids is 1. The molecule has 1 N–H and O–H groups in total. The first kappa shape index (κ1) is 14.2. The van der Waals surface area contributed by atoms with E-state index in [9.17, 15) is 14.9 Å². The van der Waals surface area contributed by atoms with Crippen LogP contribution in [-0.2, 0) is 11.3 Å². The molecule has 2 rings (SSSR count).